The fourth-order valence-corrected chi connectivity index (χ4v) is 7.23. The maximum atomic E-state index is 12.7. The van der Waals surface area contributed by atoms with Crippen LogP contribution in [0.2, 0.25) is 10.0 Å². The lowest BCUT2D eigenvalue weighted by molar-refractivity contribution is -0.0501. The number of anilines is 2. The second-order valence-electron chi connectivity index (χ2n) is 13.9. The van der Waals surface area contributed by atoms with Crippen LogP contribution in [-0.4, -0.2) is 96.2 Å². The highest BCUT2D eigenvalue weighted by atomic mass is 35.5. The fraction of sp³-hybridized carbons (Fsp3) is 0.220. The van der Waals surface area contributed by atoms with Crippen molar-refractivity contribution in [1.29, 1.82) is 0 Å². The summed E-state index contributed by atoms with van der Waals surface area (Å²) < 4.78 is 78.9. The van der Waals surface area contributed by atoms with Crippen molar-refractivity contribution < 1.29 is 54.5 Å². The maximum Gasteiger partial charge on any atom is 0.569 e. The molecule has 341 valence electrons. The molecule has 2 aliphatic heterocycles. The van der Waals surface area contributed by atoms with Crippen LogP contribution in [0.4, 0.5) is 34.1 Å². The van der Waals surface area contributed by atoms with Crippen molar-refractivity contribution in [1.82, 2.24) is 30.2 Å². The highest BCUT2D eigenvalue weighted by molar-refractivity contribution is 7.88. The Balaban J connectivity index is 0.000000176. The lowest BCUT2D eigenvalue weighted by Gasteiger charge is -2.27. The number of aromatic nitrogens is 4. The van der Waals surface area contributed by atoms with Gasteiger partial charge in [0.25, 0.3) is 5.88 Å². The molecular formula is C41H39BCl2F3N8O9S. The van der Waals surface area contributed by atoms with Crippen LogP contribution in [0.3, 0.4) is 0 Å². The van der Waals surface area contributed by atoms with Crippen molar-refractivity contribution in [3.63, 3.8) is 0 Å². The van der Waals surface area contributed by atoms with Gasteiger partial charge in [0.2, 0.25) is 0 Å². The van der Waals surface area contributed by atoms with Crippen LogP contribution < -0.4 is 28.9 Å². The summed E-state index contributed by atoms with van der Waals surface area (Å²) in [5.74, 6) is 1.29. The summed E-state index contributed by atoms with van der Waals surface area (Å²) in [5.41, 5.74) is -0.0926. The molecule has 0 spiro atoms. The first-order valence-corrected chi connectivity index (χ1v) is 21.4. The summed E-state index contributed by atoms with van der Waals surface area (Å²) >= 11 is 11.8. The quantitative estimate of drug-likeness (QED) is 0.0536. The molecule has 5 N–H and O–H groups in total. The second-order valence-corrected chi connectivity index (χ2v) is 16.3. The van der Waals surface area contributed by atoms with Crippen molar-refractivity contribution >= 4 is 64.4 Å². The molecule has 0 bridgehead atoms. The number of amides is 4. The molecule has 8 rings (SSSR count). The number of nitrogens with zero attached hydrogens (tertiary/aromatic N) is 4. The van der Waals surface area contributed by atoms with Gasteiger partial charge < -0.3 is 43.8 Å². The molecule has 4 amide bonds. The lowest BCUT2D eigenvalue weighted by Crippen LogP contribution is -2.39. The highest BCUT2D eigenvalue weighted by Gasteiger charge is 2.49. The van der Waals surface area contributed by atoms with Gasteiger partial charge in [0.1, 0.15) is 17.2 Å². The molecule has 2 aliphatic rings. The summed E-state index contributed by atoms with van der Waals surface area (Å²) in [5, 5.41) is 28.3. The van der Waals surface area contributed by atoms with E-state index in [9.17, 15) is 31.2 Å². The number of halogens is 5. The normalized spacial score (nSPS) is 13.0. The van der Waals surface area contributed by atoms with E-state index in [0.717, 1.165) is 34.7 Å². The topological polar surface area (TPSA) is 213 Å². The van der Waals surface area contributed by atoms with Crippen LogP contribution in [0.25, 0.3) is 11.3 Å². The number of fused-ring (bicyclic) bond motifs is 2. The lowest BCUT2D eigenvalue weighted by atomic mass is 10.0. The van der Waals surface area contributed by atoms with E-state index in [-0.39, 0.29) is 31.1 Å². The Hall–Kier alpha value is -6.62. The minimum absolute atomic E-state index is 0.0651. The summed E-state index contributed by atoms with van der Waals surface area (Å²) in [6.45, 7) is 1.18. The van der Waals surface area contributed by atoms with Gasteiger partial charge in [0.05, 0.1) is 38.6 Å². The van der Waals surface area contributed by atoms with Gasteiger partial charge >= 0.3 is 35.4 Å². The average molecular weight is 959 g/mol. The zero-order valence-electron chi connectivity index (χ0n) is 34.4. The van der Waals surface area contributed by atoms with Gasteiger partial charge in [-0.2, -0.15) is 26.7 Å². The molecule has 0 saturated carbocycles. The summed E-state index contributed by atoms with van der Waals surface area (Å²) in [7, 11) is -2.02. The van der Waals surface area contributed by atoms with Crippen LogP contribution >= 0.6 is 23.2 Å². The highest BCUT2D eigenvalue weighted by Crippen LogP contribution is 2.33. The largest absolute Gasteiger partial charge is 0.569 e. The van der Waals surface area contributed by atoms with E-state index in [1.54, 1.807) is 73.7 Å². The number of carbonyl (C=O) groups excluding carboxylic acids is 2. The third-order valence-electron chi connectivity index (χ3n) is 9.60. The summed E-state index contributed by atoms with van der Waals surface area (Å²) in [6, 6.07) is 27.6. The molecule has 6 aromatic rings. The van der Waals surface area contributed by atoms with E-state index >= 15 is 0 Å². The number of H-pyrrole nitrogens is 2. The van der Waals surface area contributed by atoms with Crippen LogP contribution in [0.5, 0.6) is 23.1 Å². The minimum Gasteiger partial charge on any atom is -0.537 e. The average Bonchev–Trinajstić information content (AvgIpc) is 3.90. The van der Waals surface area contributed by atoms with Crippen LogP contribution in [0.15, 0.2) is 97.1 Å². The van der Waals surface area contributed by atoms with Gasteiger partial charge in [-0.25, -0.2) is 9.59 Å². The Morgan fingerprint density at radius 3 is 1.80 bits per heavy atom. The molecular weight excluding hydrogens is 919 g/mol. The smallest absolute Gasteiger partial charge is 0.537 e. The molecule has 65 heavy (non-hydrogen) atoms. The molecule has 0 saturated heterocycles. The third-order valence-corrected chi connectivity index (χ3v) is 11.0. The molecule has 0 fully saturated rings. The molecule has 4 heterocycles. The van der Waals surface area contributed by atoms with Crippen molar-refractivity contribution in [3.8, 4) is 34.4 Å². The van der Waals surface area contributed by atoms with Gasteiger partial charge in [-0.15, -0.1) is 5.10 Å². The van der Waals surface area contributed by atoms with E-state index in [1.807, 2.05) is 36.4 Å². The number of methoxy groups -OCH3 is 2. The van der Waals surface area contributed by atoms with E-state index in [4.69, 9.17) is 42.4 Å². The molecule has 1 radical (unpaired) electrons. The van der Waals surface area contributed by atoms with Crippen molar-refractivity contribution in [2.75, 3.05) is 37.9 Å². The monoisotopic (exact) mass is 957 g/mol. The van der Waals surface area contributed by atoms with Crippen molar-refractivity contribution in [2.24, 2.45) is 0 Å². The van der Waals surface area contributed by atoms with Gasteiger partial charge in [0.15, 0.2) is 0 Å². The Morgan fingerprint density at radius 1 is 0.738 bits per heavy atom. The first kappa shape index (κ1) is 47.9. The number of benzene rings is 4. The number of aromatic amines is 2. The Bertz CT molecular complexity index is 2730. The van der Waals surface area contributed by atoms with Crippen molar-refractivity contribution in [3.05, 3.63) is 130 Å². The van der Waals surface area contributed by atoms with E-state index in [0.29, 0.717) is 59.4 Å². The van der Waals surface area contributed by atoms with E-state index < -0.39 is 27.5 Å². The van der Waals surface area contributed by atoms with Gasteiger partial charge in [-0.3, -0.25) is 10.2 Å². The molecule has 0 aliphatic carbocycles. The number of hydrogen-bond donors (Lipinski definition) is 5. The zero-order chi connectivity index (χ0) is 46.7. The van der Waals surface area contributed by atoms with Crippen LogP contribution in [-0.2, 0) is 36.0 Å². The molecule has 0 unspecified atom stereocenters. The first-order chi connectivity index (χ1) is 31.1. The minimum atomic E-state index is -5.86. The maximum absolute atomic E-state index is 12.7. The van der Waals surface area contributed by atoms with Gasteiger partial charge in [-0.1, -0.05) is 53.5 Å². The number of carbonyl (C=O) groups is 2. The Labute approximate surface area is 381 Å². The Kier molecular flexibility index (Phi) is 15.7. The molecule has 4 aromatic carbocycles. The SMILES string of the molecule is COc1cccc(-c2n[nH]c3c2CN(C(=O)Nc2cccc(Cl)c2)CC3)c1.COc1cccc(O[B]O)c1.O=C(Nc1cccc(Cl)c1)N1CCc2[nH]nc(OS(=O)(=O)C(F)(F)F)c2C1. The molecule has 2 aromatic heterocycles. The van der Waals surface area contributed by atoms with Gasteiger partial charge in [-0.05, 0) is 60.7 Å². The number of urea groups is 2. The number of alkyl halides is 3. The molecule has 17 nitrogen and oxygen atoms in total. The Morgan fingerprint density at radius 2 is 1.25 bits per heavy atom. The predicted octanol–water partition coefficient (Wildman–Crippen LogP) is 7.81. The predicted molar refractivity (Wildman–Crippen MR) is 236 cm³/mol. The number of rotatable bonds is 9. The number of hydrogen-bond acceptors (Lipinski definition) is 11. The molecule has 0 atom stereocenters. The van der Waals surface area contributed by atoms with Crippen LogP contribution in [0, 0.1) is 0 Å². The zero-order valence-corrected chi connectivity index (χ0v) is 36.7. The van der Waals surface area contributed by atoms with Crippen molar-refractivity contribution in [2.45, 2.75) is 31.4 Å². The fourth-order valence-electron chi connectivity index (χ4n) is 6.41. The summed E-state index contributed by atoms with van der Waals surface area (Å²) in [6.07, 6.45) is 0.968. The molecule has 24 heteroatoms. The van der Waals surface area contributed by atoms with Gasteiger partial charge in [0, 0.05) is 75.9 Å². The second kappa shape index (κ2) is 21.4. The van der Waals surface area contributed by atoms with Crippen LogP contribution in [0.1, 0.15) is 22.5 Å². The summed E-state index contributed by atoms with van der Waals surface area (Å²) in [4.78, 5) is 28.1. The number of nitrogens with one attached hydrogen (secondary N) is 4. The van der Waals surface area contributed by atoms with E-state index in [2.05, 4.69) is 35.2 Å². The standard InChI is InChI=1S/C20H19ClN4O2.C14H12ClF3N4O4S.C7H8BO3/c1-27-16-7-2-4-13(10-16)19-17-12-25(9-8-18(17)23-24-19)20(26)22-15-6-3-5-14(21)11-15;15-8-2-1-3-9(6-8)19-13(23)22-5-4-11-10(7-22)12(21-20-11)26-27(24,25)14(16,17)18;1-10-6-3-2-4-7(5-6)11-8-9/h2-7,10-11H,8-9,12H2,1H3,(H,22,26)(H,23,24);1-3,6H,4-5,7H2,(H,19,23)(H,20,21);2-5,9H,1H3. The first-order valence-electron chi connectivity index (χ1n) is 19.2. The number of ether oxygens (including phenoxy) is 2. The van der Waals surface area contributed by atoms with E-state index in [1.165, 1.54) is 11.0 Å². The third kappa shape index (κ3) is 12.6.